The topological polar surface area (TPSA) is 93.4 Å². The van der Waals surface area contributed by atoms with Gasteiger partial charge in [0, 0.05) is 23.5 Å². The van der Waals surface area contributed by atoms with Crippen LogP contribution < -0.4 is 0 Å². The lowest BCUT2D eigenvalue weighted by atomic mass is 10.1. The quantitative estimate of drug-likeness (QED) is 0.604. The van der Waals surface area contributed by atoms with Crippen molar-refractivity contribution in [3.63, 3.8) is 0 Å². The highest BCUT2D eigenvalue weighted by atomic mass is 32.2. The Morgan fingerprint density at radius 1 is 1.13 bits per heavy atom. The fraction of sp³-hybridized carbons (Fsp3) is 0.136. The molecule has 3 aromatic rings. The summed E-state index contributed by atoms with van der Waals surface area (Å²) in [5.74, 6) is 7.35. The predicted octanol–water partition coefficient (Wildman–Crippen LogP) is 2.55. The van der Waals surface area contributed by atoms with Gasteiger partial charge in [0.2, 0.25) is 0 Å². The third-order valence-corrected chi connectivity index (χ3v) is 6.06. The average Bonchev–Trinajstić information content (AvgIpc) is 3.09. The molecular weight excluding hydrogens is 402 g/mol. The largest absolute Gasteiger partial charge is 0.360 e. The van der Waals surface area contributed by atoms with Gasteiger partial charge in [-0.1, -0.05) is 41.1 Å². The lowest BCUT2D eigenvalue weighted by Gasteiger charge is -2.20. The molecule has 2 heterocycles. The van der Waals surface area contributed by atoms with Crippen LogP contribution in [0.4, 0.5) is 0 Å². The Balaban J connectivity index is 1.98. The third-order valence-electron chi connectivity index (χ3n) is 4.09. The molecule has 0 unspecified atom stereocenters. The number of benzene rings is 1. The van der Waals surface area contributed by atoms with Crippen LogP contribution in [0.15, 0.2) is 58.2 Å². The molecule has 2 aromatic heterocycles. The van der Waals surface area contributed by atoms with Crippen molar-refractivity contribution >= 4 is 15.9 Å². The minimum absolute atomic E-state index is 0.0421. The molecule has 0 radical (unpaired) electrons. The first-order valence-electron chi connectivity index (χ1n) is 8.80. The molecule has 0 fully saturated rings. The molecule has 0 saturated heterocycles. The second-order valence-corrected chi connectivity index (χ2v) is 8.05. The summed E-state index contributed by atoms with van der Waals surface area (Å²) in [4.78, 5) is 16.9. The van der Waals surface area contributed by atoms with E-state index in [9.17, 15) is 13.2 Å². The molecule has 8 heteroatoms. The van der Waals surface area contributed by atoms with Gasteiger partial charge >= 0.3 is 0 Å². The lowest BCUT2D eigenvalue weighted by molar-refractivity contribution is 0.0872. The van der Waals surface area contributed by atoms with Crippen LogP contribution in [-0.4, -0.2) is 35.3 Å². The summed E-state index contributed by atoms with van der Waals surface area (Å²) in [6.45, 7) is 2.47. The molecule has 3 rings (SSSR count). The zero-order valence-electron chi connectivity index (χ0n) is 16.3. The monoisotopic (exact) mass is 419 g/mol. The highest BCUT2D eigenvalue weighted by Crippen LogP contribution is 2.24. The van der Waals surface area contributed by atoms with Crippen molar-refractivity contribution in [1.82, 2.24) is 14.4 Å². The summed E-state index contributed by atoms with van der Waals surface area (Å²) in [5, 5.41) is 3.65. The Morgan fingerprint density at radius 2 is 1.83 bits per heavy atom. The number of hydrogen-bond donors (Lipinski definition) is 0. The van der Waals surface area contributed by atoms with E-state index in [1.54, 1.807) is 0 Å². The maximum atomic E-state index is 13.1. The van der Waals surface area contributed by atoms with E-state index in [1.807, 2.05) is 30.3 Å². The van der Waals surface area contributed by atoms with E-state index in [1.165, 1.54) is 32.3 Å². The lowest BCUT2D eigenvalue weighted by Crippen LogP contribution is -2.37. The van der Waals surface area contributed by atoms with Gasteiger partial charge in [-0.2, -0.15) is 0 Å². The van der Waals surface area contributed by atoms with E-state index in [0.29, 0.717) is 9.87 Å². The zero-order valence-corrected chi connectivity index (χ0v) is 17.1. The van der Waals surface area contributed by atoms with Crippen molar-refractivity contribution in [3.8, 4) is 24.2 Å². The van der Waals surface area contributed by atoms with Crippen LogP contribution in [0, 0.1) is 38.0 Å². The molecule has 0 bridgehead atoms. The molecule has 1 aromatic carbocycles. The molecular formula is C22H17N3O4S. The van der Waals surface area contributed by atoms with Gasteiger partial charge in [-0.15, -0.1) is 6.42 Å². The van der Waals surface area contributed by atoms with Crippen LogP contribution in [0.25, 0.3) is 0 Å². The Labute approximate surface area is 174 Å². The zero-order chi connectivity index (χ0) is 21.7. The van der Waals surface area contributed by atoms with E-state index in [0.717, 1.165) is 5.56 Å². The molecule has 0 spiro atoms. The molecule has 0 saturated carbocycles. The normalized spacial score (nSPS) is 10.6. The molecule has 0 aliphatic heterocycles. The molecule has 0 aliphatic carbocycles. The molecule has 1 amide bonds. The fourth-order valence-electron chi connectivity index (χ4n) is 2.74. The summed E-state index contributed by atoms with van der Waals surface area (Å²) in [6, 6.07) is 10.8. The fourth-order valence-corrected chi connectivity index (χ4v) is 4.34. The van der Waals surface area contributed by atoms with E-state index in [-0.39, 0.29) is 21.9 Å². The number of aromatic nitrogens is 2. The van der Waals surface area contributed by atoms with Crippen molar-refractivity contribution in [2.24, 2.45) is 0 Å². The van der Waals surface area contributed by atoms with Crippen LogP contribution in [0.5, 0.6) is 0 Å². The number of nitrogens with zero attached hydrogens (tertiary/aromatic N) is 3. The van der Waals surface area contributed by atoms with Gasteiger partial charge in [0.15, 0.2) is 10.7 Å². The number of aryl methyl sites for hydroxylation is 2. The summed E-state index contributed by atoms with van der Waals surface area (Å²) in [7, 11) is -4.28. The van der Waals surface area contributed by atoms with E-state index < -0.39 is 22.5 Å². The van der Waals surface area contributed by atoms with E-state index in [2.05, 4.69) is 27.9 Å². The van der Waals surface area contributed by atoms with Gasteiger partial charge in [-0.05, 0) is 32.0 Å². The first-order chi connectivity index (χ1) is 14.3. The van der Waals surface area contributed by atoms with Crippen molar-refractivity contribution in [2.45, 2.75) is 18.7 Å². The Morgan fingerprint density at radius 3 is 2.47 bits per heavy atom. The summed E-state index contributed by atoms with van der Waals surface area (Å²) in [5.41, 5.74) is 1.44. The van der Waals surface area contributed by atoms with Crippen LogP contribution in [0.1, 0.15) is 32.9 Å². The summed E-state index contributed by atoms with van der Waals surface area (Å²) < 4.78 is 31.7. The molecule has 7 nitrogen and oxygen atoms in total. The molecule has 30 heavy (non-hydrogen) atoms. The van der Waals surface area contributed by atoms with Crippen molar-refractivity contribution < 1.29 is 17.7 Å². The van der Waals surface area contributed by atoms with Gasteiger partial charge in [-0.3, -0.25) is 9.78 Å². The number of carbonyl (C=O) groups excluding carboxylic acids is 1. The third kappa shape index (κ3) is 4.24. The number of amides is 1. The standard InChI is InChI=1S/C22H17N3O4S/c1-4-12-25(30(27,28)21-16(2)24-29-17(21)3)22(26)20-13-19(14-23-15-20)11-10-18-8-6-5-7-9-18/h1,5-9,13-15H,12H2,2-3H3. The number of pyridine rings is 1. The van der Waals surface area contributed by atoms with Crippen LogP contribution in [0.3, 0.4) is 0 Å². The molecule has 0 atom stereocenters. The Hall–Kier alpha value is -3.88. The highest BCUT2D eigenvalue weighted by molar-refractivity contribution is 7.89. The minimum atomic E-state index is -4.28. The van der Waals surface area contributed by atoms with Crippen molar-refractivity contribution in [3.05, 3.63) is 76.9 Å². The Kier molecular flexibility index (Phi) is 6.01. The van der Waals surface area contributed by atoms with Gasteiger partial charge in [0.1, 0.15) is 5.69 Å². The SMILES string of the molecule is C#CCN(C(=O)c1cncc(C#Cc2ccccc2)c1)S(=O)(=O)c1c(C)noc1C. The molecule has 0 aliphatic rings. The second kappa shape index (κ2) is 8.64. The first kappa shape index (κ1) is 20.8. The van der Waals surface area contributed by atoms with Gasteiger partial charge in [0.05, 0.1) is 12.1 Å². The molecule has 150 valence electrons. The number of carbonyl (C=O) groups is 1. The number of terminal acetylenes is 1. The minimum Gasteiger partial charge on any atom is -0.360 e. The van der Waals surface area contributed by atoms with Crippen LogP contribution >= 0.6 is 0 Å². The van der Waals surface area contributed by atoms with Crippen LogP contribution in [0.2, 0.25) is 0 Å². The second-order valence-electron chi connectivity index (χ2n) is 6.25. The summed E-state index contributed by atoms with van der Waals surface area (Å²) in [6.07, 6.45) is 8.08. The average molecular weight is 419 g/mol. The van der Waals surface area contributed by atoms with Gasteiger partial charge in [-0.25, -0.2) is 12.7 Å². The maximum absolute atomic E-state index is 13.1. The van der Waals surface area contributed by atoms with Crippen LogP contribution in [-0.2, 0) is 10.0 Å². The highest BCUT2D eigenvalue weighted by Gasteiger charge is 2.34. The van der Waals surface area contributed by atoms with Gasteiger partial charge < -0.3 is 4.52 Å². The Bertz CT molecular complexity index is 1270. The van der Waals surface area contributed by atoms with Crippen molar-refractivity contribution in [2.75, 3.05) is 6.54 Å². The number of hydrogen-bond acceptors (Lipinski definition) is 6. The number of sulfonamides is 1. The first-order valence-corrected chi connectivity index (χ1v) is 10.2. The van der Waals surface area contributed by atoms with E-state index >= 15 is 0 Å². The predicted molar refractivity (Wildman–Crippen MR) is 110 cm³/mol. The van der Waals surface area contributed by atoms with Crippen molar-refractivity contribution in [1.29, 1.82) is 0 Å². The smallest absolute Gasteiger partial charge is 0.273 e. The molecule has 0 N–H and O–H groups in total. The summed E-state index contributed by atoms with van der Waals surface area (Å²) >= 11 is 0. The number of rotatable bonds is 4. The van der Waals surface area contributed by atoms with E-state index in [4.69, 9.17) is 10.9 Å². The maximum Gasteiger partial charge on any atom is 0.273 e. The van der Waals surface area contributed by atoms with Gasteiger partial charge in [0.25, 0.3) is 15.9 Å².